The fourth-order valence-electron chi connectivity index (χ4n) is 3.16. The molecule has 0 saturated carbocycles. The van der Waals surface area contributed by atoms with Crippen molar-refractivity contribution >= 4 is 11.9 Å². The number of carbonyl (C=O) groups excluding carboxylic acids is 2. The predicted molar refractivity (Wildman–Crippen MR) is 121 cm³/mol. The van der Waals surface area contributed by atoms with Crippen molar-refractivity contribution in [1.82, 2.24) is 4.90 Å². The molecule has 0 fully saturated rings. The van der Waals surface area contributed by atoms with Gasteiger partial charge < -0.3 is 14.4 Å². The number of hydrogen-bond acceptors (Lipinski definition) is 5. The molecule has 0 radical (unpaired) electrons. The predicted octanol–water partition coefficient (Wildman–Crippen LogP) is 4.31. The normalized spacial score (nSPS) is 10.1. The van der Waals surface area contributed by atoms with E-state index in [-0.39, 0.29) is 31.4 Å². The van der Waals surface area contributed by atoms with Gasteiger partial charge in [0.2, 0.25) is 0 Å². The summed E-state index contributed by atoms with van der Waals surface area (Å²) in [6.07, 6.45) is 0.119. The lowest BCUT2D eigenvalue weighted by atomic mass is 10.0. The van der Waals surface area contributed by atoms with E-state index in [1.807, 2.05) is 42.5 Å². The van der Waals surface area contributed by atoms with E-state index in [0.29, 0.717) is 23.4 Å². The average Bonchev–Trinajstić information content (AvgIpc) is 2.86. The van der Waals surface area contributed by atoms with Crippen LogP contribution in [-0.4, -0.2) is 43.6 Å². The molecule has 3 rings (SSSR count). The Kier molecular flexibility index (Phi) is 7.99. The number of esters is 1. The molecule has 0 atom stereocenters. The zero-order valence-corrected chi connectivity index (χ0v) is 17.9. The maximum atomic E-state index is 12.8. The van der Waals surface area contributed by atoms with Crippen LogP contribution in [0.25, 0.3) is 11.1 Å². The van der Waals surface area contributed by atoms with Crippen LogP contribution < -0.4 is 4.74 Å². The first-order valence-electron chi connectivity index (χ1n) is 10.3. The van der Waals surface area contributed by atoms with Crippen LogP contribution in [0.4, 0.5) is 0 Å². The number of carbonyl (C=O) groups is 2. The summed E-state index contributed by atoms with van der Waals surface area (Å²) in [6.45, 7) is 0.874. The van der Waals surface area contributed by atoms with Gasteiger partial charge in [0.25, 0.3) is 5.91 Å². The van der Waals surface area contributed by atoms with Crippen LogP contribution in [0.5, 0.6) is 5.75 Å². The van der Waals surface area contributed by atoms with E-state index in [2.05, 4.69) is 6.07 Å². The number of benzene rings is 3. The summed E-state index contributed by atoms with van der Waals surface area (Å²) in [5.74, 6) is 0.159. The molecule has 0 aliphatic rings. The first-order valence-corrected chi connectivity index (χ1v) is 10.3. The number of amides is 1. The van der Waals surface area contributed by atoms with Crippen molar-refractivity contribution in [2.24, 2.45) is 0 Å². The number of nitrogens with zero attached hydrogens (tertiary/aromatic N) is 2. The third-order valence-electron chi connectivity index (χ3n) is 4.95. The van der Waals surface area contributed by atoms with E-state index >= 15 is 0 Å². The molecule has 6 heteroatoms. The zero-order chi connectivity index (χ0) is 22.8. The highest BCUT2D eigenvalue weighted by Crippen LogP contribution is 2.23. The Morgan fingerprint density at radius 3 is 2.09 bits per heavy atom. The van der Waals surface area contributed by atoms with E-state index in [4.69, 9.17) is 14.7 Å². The quantitative estimate of drug-likeness (QED) is 0.475. The summed E-state index contributed by atoms with van der Waals surface area (Å²) in [4.78, 5) is 26.0. The van der Waals surface area contributed by atoms with E-state index in [9.17, 15) is 9.59 Å². The topological polar surface area (TPSA) is 79.6 Å². The van der Waals surface area contributed by atoms with E-state index in [1.165, 1.54) is 7.11 Å². The van der Waals surface area contributed by atoms with Gasteiger partial charge in [-0.3, -0.25) is 9.59 Å². The molecule has 0 aromatic heterocycles. The standard InChI is InChI=1S/C26H24N2O4/c1-31-25(29)15-16-28(26(30)23-5-3-2-4-6-23)17-18-32-24-13-11-22(12-14-24)21-9-7-20(19-27)8-10-21/h2-14H,15-18H2,1H3. The van der Waals surface area contributed by atoms with E-state index in [0.717, 1.165) is 11.1 Å². The average molecular weight is 428 g/mol. The van der Waals surface area contributed by atoms with E-state index < -0.39 is 0 Å². The Bertz CT molecular complexity index is 1070. The monoisotopic (exact) mass is 428 g/mol. The fourth-order valence-corrected chi connectivity index (χ4v) is 3.16. The molecule has 1 amide bonds. The van der Waals surface area contributed by atoms with E-state index in [1.54, 1.807) is 41.3 Å². The summed E-state index contributed by atoms with van der Waals surface area (Å²) in [7, 11) is 1.33. The Hall–Kier alpha value is -4.11. The van der Waals surface area contributed by atoms with Gasteiger partial charge in [0, 0.05) is 12.1 Å². The molecule has 0 bridgehead atoms. The van der Waals surface area contributed by atoms with Crippen molar-refractivity contribution in [2.75, 3.05) is 26.8 Å². The third-order valence-corrected chi connectivity index (χ3v) is 4.95. The lowest BCUT2D eigenvalue weighted by Gasteiger charge is -2.22. The largest absolute Gasteiger partial charge is 0.492 e. The summed E-state index contributed by atoms with van der Waals surface area (Å²) >= 11 is 0. The summed E-state index contributed by atoms with van der Waals surface area (Å²) in [5, 5.41) is 8.92. The van der Waals surface area contributed by atoms with Crippen LogP contribution >= 0.6 is 0 Å². The van der Waals surface area contributed by atoms with Crippen LogP contribution in [0, 0.1) is 11.3 Å². The van der Waals surface area contributed by atoms with Crippen molar-refractivity contribution in [3.05, 3.63) is 90.0 Å². The molecule has 3 aromatic carbocycles. The first kappa shape index (κ1) is 22.6. The maximum Gasteiger partial charge on any atom is 0.307 e. The highest BCUT2D eigenvalue weighted by atomic mass is 16.5. The van der Waals surface area contributed by atoms with Crippen molar-refractivity contribution in [1.29, 1.82) is 5.26 Å². The van der Waals surface area contributed by atoms with Gasteiger partial charge in [0.1, 0.15) is 12.4 Å². The zero-order valence-electron chi connectivity index (χ0n) is 17.9. The SMILES string of the molecule is COC(=O)CCN(CCOc1ccc(-c2ccc(C#N)cc2)cc1)C(=O)c1ccccc1. The van der Waals surface area contributed by atoms with Crippen LogP contribution in [0.15, 0.2) is 78.9 Å². The molecular formula is C26H24N2O4. The number of ether oxygens (including phenoxy) is 2. The number of nitriles is 1. The van der Waals surface area contributed by atoms with Gasteiger partial charge in [-0.15, -0.1) is 0 Å². The second kappa shape index (κ2) is 11.3. The smallest absolute Gasteiger partial charge is 0.307 e. The summed E-state index contributed by atoms with van der Waals surface area (Å²) in [6, 6.07) is 26.1. The summed E-state index contributed by atoms with van der Waals surface area (Å²) < 4.78 is 10.5. The van der Waals surface area contributed by atoms with Gasteiger partial charge in [-0.05, 0) is 47.5 Å². The van der Waals surface area contributed by atoms with Gasteiger partial charge in [0.05, 0.1) is 31.7 Å². The molecule has 0 heterocycles. The van der Waals surface area contributed by atoms with Gasteiger partial charge >= 0.3 is 5.97 Å². The molecule has 0 N–H and O–H groups in total. The second-order valence-corrected chi connectivity index (χ2v) is 7.05. The van der Waals surface area contributed by atoms with Crippen molar-refractivity contribution in [2.45, 2.75) is 6.42 Å². The summed E-state index contributed by atoms with van der Waals surface area (Å²) in [5.41, 5.74) is 3.21. The maximum absolute atomic E-state index is 12.8. The fraction of sp³-hybridized carbons (Fsp3) is 0.192. The lowest BCUT2D eigenvalue weighted by Crippen LogP contribution is -2.36. The number of rotatable bonds is 9. The molecule has 6 nitrogen and oxygen atoms in total. The third kappa shape index (κ3) is 6.19. The molecule has 3 aromatic rings. The van der Waals surface area contributed by atoms with Crippen LogP contribution in [-0.2, 0) is 9.53 Å². The molecule has 0 aliphatic carbocycles. The van der Waals surface area contributed by atoms with Crippen molar-refractivity contribution in [3.8, 4) is 22.9 Å². The lowest BCUT2D eigenvalue weighted by molar-refractivity contribution is -0.140. The highest BCUT2D eigenvalue weighted by Gasteiger charge is 2.17. The number of methoxy groups -OCH3 is 1. The molecule has 0 spiro atoms. The van der Waals surface area contributed by atoms with Crippen LogP contribution in [0.3, 0.4) is 0 Å². The van der Waals surface area contributed by atoms with Gasteiger partial charge in [0.15, 0.2) is 0 Å². The van der Waals surface area contributed by atoms with Crippen LogP contribution in [0.1, 0.15) is 22.3 Å². The Morgan fingerprint density at radius 2 is 1.50 bits per heavy atom. The Labute approximate surface area is 187 Å². The Morgan fingerprint density at radius 1 is 0.875 bits per heavy atom. The van der Waals surface area contributed by atoms with Crippen LogP contribution in [0.2, 0.25) is 0 Å². The minimum Gasteiger partial charge on any atom is -0.492 e. The van der Waals surface area contributed by atoms with Gasteiger partial charge in [-0.25, -0.2) is 0 Å². The molecule has 162 valence electrons. The molecule has 0 saturated heterocycles. The highest BCUT2D eigenvalue weighted by molar-refractivity contribution is 5.94. The van der Waals surface area contributed by atoms with Gasteiger partial charge in [-0.2, -0.15) is 5.26 Å². The second-order valence-electron chi connectivity index (χ2n) is 7.05. The molecule has 32 heavy (non-hydrogen) atoms. The Balaban J connectivity index is 1.59. The first-order chi connectivity index (χ1) is 15.6. The van der Waals surface area contributed by atoms with Crippen molar-refractivity contribution < 1.29 is 19.1 Å². The number of hydrogen-bond donors (Lipinski definition) is 0. The van der Waals surface area contributed by atoms with Gasteiger partial charge in [-0.1, -0.05) is 42.5 Å². The molecule has 0 aliphatic heterocycles. The molecule has 0 unspecified atom stereocenters. The minimum absolute atomic E-state index is 0.119. The van der Waals surface area contributed by atoms with Crippen molar-refractivity contribution in [3.63, 3.8) is 0 Å². The minimum atomic E-state index is -0.366. The molecular weight excluding hydrogens is 404 g/mol.